The fourth-order valence-electron chi connectivity index (χ4n) is 5.50. The Labute approximate surface area is 202 Å². The van der Waals surface area contributed by atoms with Gasteiger partial charge in [-0.2, -0.15) is 13.2 Å². The van der Waals surface area contributed by atoms with E-state index in [0.29, 0.717) is 44.9 Å². The van der Waals surface area contributed by atoms with Crippen LogP contribution in [0.1, 0.15) is 29.5 Å². The van der Waals surface area contributed by atoms with Crippen LogP contribution in [0, 0.1) is 11.7 Å². The molecule has 0 radical (unpaired) electrons. The van der Waals surface area contributed by atoms with Crippen molar-refractivity contribution in [3.8, 4) is 0 Å². The minimum Gasteiger partial charge on any atom is -0.376 e. The number of fused-ring (bicyclic) bond motifs is 3. The Kier molecular flexibility index (Phi) is 6.72. The van der Waals surface area contributed by atoms with Crippen LogP contribution in [0.3, 0.4) is 0 Å². The summed E-state index contributed by atoms with van der Waals surface area (Å²) in [4.78, 5) is 17.6. The summed E-state index contributed by atoms with van der Waals surface area (Å²) in [5, 5.41) is 3.00. The van der Waals surface area contributed by atoms with Crippen LogP contribution in [-0.4, -0.2) is 55.7 Å². The van der Waals surface area contributed by atoms with Gasteiger partial charge in [-0.15, -0.1) is 0 Å². The molecule has 2 aromatic carbocycles. The van der Waals surface area contributed by atoms with Gasteiger partial charge in [0.1, 0.15) is 5.82 Å². The van der Waals surface area contributed by atoms with Gasteiger partial charge in [0.2, 0.25) is 5.91 Å². The van der Waals surface area contributed by atoms with Gasteiger partial charge < -0.3 is 15.0 Å². The molecule has 0 bridgehead atoms. The molecular formula is C26H29F4N3O2. The van der Waals surface area contributed by atoms with Crippen LogP contribution >= 0.6 is 0 Å². The van der Waals surface area contributed by atoms with E-state index in [0.717, 1.165) is 30.2 Å². The summed E-state index contributed by atoms with van der Waals surface area (Å²) < 4.78 is 59.1. The lowest BCUT2D eigenvalue weighted by atomic mass is 9.82. The van der Waals surface area contributed by atoms with Gasteiger partial charge in [0.25, 0.3) is 0 Å². The van der Waals surface area contributed by atoms with Crippen molar-refractivity contribution in [1.82, 2.24) is 10.2 Å². The van der Waals surface area contributed by atoms with Gasteiger partial charge in [0.05, 0.1) is 23.6 Å². The molecule has 188 valence electrons. The first kappa shape index (κ1) is 24.1. The normalized spacial score (nSPS) is 24.7. The number of nitrogens with zero attached hydrogens (tertiary/aromatic N) is 2. The highest BCUT2D eigenvalue weighted by molar-refractivity contribution is 5.82. The van der Waals surface area contributed by atoms with Crippen molar-refractivity contribution < 1.29 is 27.1 Å². The molecule has 0 saturated carbocycles. The first-order chi connectivity index (χ1) is 16.8. The molecule has 35 heavy (non-hydrogen) atoms. The van der Waals surface area contributed by atoms with Crippen molar-refractivity contribution in [2.75, 3.05) is 37.7 Å². The van der Waals surface area contributed by atoms with Crippen molar-refractivity contribution >= 4 is 11.6 Å². The Hall–Kier alpha value is -2.65. The van der Waals surface area contributed by atoms with Crippen LogP contribution in [0.2, 0.25) is 0 Å². The molecule has 2 fully saturated rings. The second-order valence-corrected chi connectivity index (χ2v) is 9.65. The molecule has 3 aliphatic rings. The summed E-state index contributed by atoms with van der Waals surface area (Å²) in [6, 6.07) is 10.1. The van der Waals surface area contributed by atoms with Gasteiger partial charge >= 0.3 is 6.18 Å². The van der Waals surface area contributed by atoms with Gasteiger partial charge in [0, 0.05) is 45.0 Å². The fourth-order valence-corrected chi connectivity index (χ4v) is 5.50. The SMILES string of the molecule is O=C(NC[C@@H]1CCCO1)[C@H]1Cc2cc(C(F)(F)F)ccc2N2CCN(Cc3ccc(F)cc3)C[C@H]12. The number of carbonyl (C=O) groups excluding carboxylic acids is 1. The largest absolute Gasteiger partial charge is 0.416 e. The van der Waals surface area contributed by atoms with E-state index < -0.39 is 17.7 Å². The van der Waals surface area contributed by atoms with Crippen LogP contribution in [0.15, 0.2) is 42.5 Å². The molecule has 1 N–H and O–H groups in total. The van der Waals surface area contributed by atoms with Crippen LogP contribution in [-0.2, 0) is 28.7 Å². The van der Waals surface area contributed by atoms with Crippen molar-refractivity contribution in [2.24, 2.45) is 5.92 Å². The molecule has 0 spiro atoms. The molecule has 5 nitrogen and oxygen atoms in total. The third-order valence-electron chi connectivity index (χ3n) is 7.31. The monoisotopic (exact) mass is 491 g/mol. The standard InChI is InChI=1S/C26H29F4N3O2/c27-20-6-3-17(4-7-20)15-32-9-10-33-23-8-5-19(26(28,29)30)12-18(23)13-22(24(33)16-32)25(34)31-14-21-2-1-11-35-21/h3-8,12,21-22,24H,1-2,9-11,13-16H2,(H,31,34)/t21-,22-,24+/m0/s1. The summed E-state index contributed by atoms with van der Waals surface area (Å²) in [5.74, 6) is -0.922. The summed E-state index contributed by atoms with van der Waals surface area (Å²) in [5.41, 5.74) is 1.61. The number of alkyl halides is 3. The number of hydrogen-bond acceptors (Lipinski definition) is 4. The lowest BCUT2D eigenvalue weighted by Gasteiger charge is -2.49. The number of anilines is 1. The zero-order valence-electron chi connectivity index (χ0n) is 19.4. The zero-order chi connectivity index (χ0) is 24.6. The maximum atomic E-state index is 13.4. The fraction of sp³-hybridized carbons (Fsp3) is 0.500. The first-order valence-corrected chi connectivity index (χ1v) is 12.1. The van der Waals surface area contributed by atoms with E-state index >= 15 is 0 Å². The first-order valence-electron chi connectivity index (χ1n) is 12.1. The predicted octanol–water partition coefficient (Wildman–Crippen LogP) is 4.00. The highest BCUT2D eigenvalue weighted by Crippen LogP contribution is 2.40. The Morgan fingerprint density at radius 1 is 1.11 bits per heavy atom. The third kappa shape index (κ3) is 5.30. The average Bonchev–Trinajstić information content (AvgIpc) is 3.36. The van der Waals surface area contributed by atoms with E-state index in [9.17, 15) is 22.4 Å². The summed E-state index contributed by atoms with van der Waals surface area (Å²) in [6.07, 6.45) is -2.33. The summed E-state index contributed by atoms with van der Waals surface area (Å²) in [7, 11) is 0. The second kappa shape index (κ2) is 9.78. The van der Waals surface area contributed by atoms with Crippen LogP contribution in [0.25, 0.3) is 0 Å². The number of ether oxygens (including phenoxy) is 1. The molecule has 0 unspecified atom stereocenters. The average molecular weight is 492 g/mol. The highest BCUT2D eigenvalue weighted by atomic mass is 19.4. The number of amides is 1. The molecule has 1 amide bonds. The van der Waals surface area contributed by atoms with Crippen LogP contribution < -0.4 is 10.2 Å². The molecule has 5 rings (SSSR count). The Morgan fingerprint density at radius 3 is 2.63 bits per heavy atom. The summed E-state index contributed by atoms with van der Waals surface area (Å²) in [6.45, 7) is 3.60. The molecule has 0 aromatic heterocycles. The molecule has 3 atom stereocenters. The molecule has 3 aliphatic heterocycles. The van der Waals surface area contributed by atoms with E-state index in [1.54, 1.807) is 18.2 Å². The topological polar surface area (TPSA) is 44.8 Å². The smallest absolute Gasteiger partial charge is 0.376 e. The Morgan fingerprint density at radius 2 is 1.91 bits per heavy atom. The van der Waals surface area contributed by atoms with E-state index in [2.05, 4.69) is 15.1 Å². The molecule has 2 saturated heterocycles. The van der Waals surface area contributed by atoms with Gasteiger partial charge in [0.15, 0.2) is 0 Å². The number of carbonyl (C=O) groups is 1. The summed E-state index contributed by atoms with van der Waals surface area (Å²) >= 11 is 0. The highest BCUT2D eigenvalue weighted by Gasteiger charge is 2.42. The maximum Gasteiger partial charge on any atom is 0.416 e. The molecule has 0 aliphatic carbocycles. The number of piperazine rings is 1. The number of halogens is 4. The van der Waals surface area contributed by atoms with Crippen molar-refractivity contribution in [3.63, 3.8) is 0 Å². The number of hydrogen-bond donors (Lipinski definition) is 1. The van der Waals surface area contributed by atoms with Crippen molar-refractivity contribution in [3.05, 3.63) is 65.0 Å². The van der Waals surface area contributed by atoms with E-state index in [1.165, 1.54) is 18.2 Å². The lowest BCUT2D eigenvalue weighted by molar-refractivity contribution is -0.137. The van der Waals surface area contributed by atoms with Gasteiger partial charge in [-0.05, 0) is 60.7 Å². The van der Waals surface area contributed by atoms with Crippen molar-refractivity contribution in [2.45, 2.75) is 44.1 Å². The van der Waals surface area contributed by atoms with E-state index in [1.807, 2.05) is 0 Å². The molecular weight excluding hydrogens is 462 g/mol. The zero-order valence-corrected chi connectivity index (χ0v) is 19.4. The number of rotatable bonds is 5. The molecule has 9 heteroatoms. The van der Waals surface area contributed by atoms with E-state index in [4.69, 9.17) is 4.74 Å². The van der Waals surface area contributed by atoms with Crippen LogP contribution in [0.5, 0.6) is 0 Å². The minimum atomic E-state index is -4.43. The Bertz CT molecular complexity index is 1050. The van der Waals surface area contributed by atoms with E-state index in [-0.39, 0.29) is 30.3 Å². The predicted molar refractivity (Wildman–Crippen MR) is 123 cm³/mol. The van der Waals surface area contributed by atoms with Gasteiger partial charge in [-0.1, -0.05) is 12.1 Å². The Balaban J connectivity index is 1.38. The van der Waals surface area contributed by atoms with Crippen LogP contribution in [0.4, 0.5) is 23.2 Å². The third-order valence-corrected chi connectivity index (χ3v) is 7.31. The lowest BCUT2D eigenvalue weighted by Crippen LogP contribution is -2.61. The number of nitrogens with one attached hydrogen (secondary N) is 1. The quantitative estimate of drug-likeness (QED) is 0.643. The molecule has 3 heterocycles. The van der Waals surface area contributed by atoms with Gasteiger partial charge in [-0.3, -0.25) is 9.69 Å². The van der Waals surface area contributed by atoms with Gasteiger partial charge in [-0.25, -0.2) is 4.39 Å². The second-order valence-electron chi connectivity index (χ2n) is 9.65. The molecule has 2 aromatic rings. The maximum absolute atomic E-state index is 13.4. The minimum absolute atomic E-state index is 0.0101. The number of benzene rings is 2. The van der Waals surface area contributed by atoms with Crippen molar-refractivity contribution in [1.29, 1.82) is 0 Å².